The number of anilines is 1. The monoisotopic (exact) mass is 613 g/mol. The molecule has 2 aliphatic heterocycles. The summed E-state index contributed by atoms with van der Waals surface area (Å²) in [6, 6.07) is 7.78. The highest BCUT2D eigenvalue weighted by Gasteiger charge is 2.46. The molecular formula is C30H47NO12. The van der Waals surface area contributed by atoms with Crippen molar-refractivity contribution in [3.8, 4) is 0 Å². The van der Waals surface area contributed by atoms with Gasteiger partial charge in [-0.2, -0.15) is 0 Å². The summed E-state index contributed by atoms with van der Waals surface area (Å²) >= 11 is 0. The molecule has 1 aromatic carbocycles. The summed E-state index contributed by atoms with van der Waals surface area (Å²) in [4.78, 5) is 22.6. The van der Waals surface area contributed by atoms with Gasteiger partial charge in [-0.1, -0.05) is 12.1 Å². The third-order valence-corrected chi connectivity index (χ3v) is 6.76. The number of carbonyl (C=O) groups is 2. The van der Waals surface area contributed by atoms with E-state index in [4.69, 9.17) is 47.7 Å². The van der Waals surface area contributed by atoms with Gasteiger partial charge in [-0.15, -0.1) is 0 Å². The van der Waals surface area contributed by atoms with Crippen LogP contribution in [0.4, 0.5) is 5.69 Å². The maximum Gasteiger partial charge on any atom is 0.305 e. The van der Waals surface area contributed by atoms with Gasteiger partial charge in [-0.25, -0.2) is 0 Å². The van der Waals surface area contributed by atoms with Gasteiger partial charge in [-0.3, -0.25) is 9.59 Å². The Morgan fingerprint density at radius 1 is 0.721 bits per heavy atom. The summed E-state index contributed by atoms with van der Waals surface area (Å²) in [6.45, 7) is 7.95. The van der Waals surface area contributed by atoms with Crippen LogP contribution in [0.2, 0.25) is 0 Å². The number of benzene rings is 1. The summed E-state index contributed by atoms with van der Waals surface area (Å²) in [7, 11) is 0. The maximum absolute atomic E-state index is 12.3. The predicted molar refractivity (Wildman–Crippen MR) is 154 cm³/mol. The fourth-order valence-corrected chi connectivity index (χ4v) is 4.60. The van der Waals surface area contributed by atoms with Gasteiger partial charge in [0.2, 0.25) is 5.91 Å². The van der Waals surface area contributed by atoms with Gasteiger partial charge in [-0.05, 0) is 31.0 Å². The van der Waals surface area contributed by atoms with Crippen molar-refractivity contribution in [2.45, 2.75) is 50.6 Å². The van der Waals surface area contributed by atoms with Crippen molar-refractivity contribution in [1.29, 1.82) is 0 Å². The molecule has 2 fully saturated rings. The van der Waals surface area contributed by atoms with Crippen LogP contribution in [0.25, 0.3) is 0 Å². The van der Waals surface area contributed by atoms with E-state index in [0.717, 1.165) is 17.7 Å². The highest BCUT2D eigenvalue weighted by Crippen LogP contribution is 2.37. The number of rotatable bonds is 24. The van der Waals surface area contributed by atoms with E-state index in [2.05, 4.69) is 5.32 Å². The van der Waals surface area contributed by atoms with Crippen LogP contribution in [0.15, 0.2) is 24.3 Å². The molecular weight excluding hydrogens is 566 g/mol. The van der Waals surface area contributed by atoms with Crippen LogP contribution in [0, 0.1) is 0 Å². The minimum atomic E-state index is -0.882. The molecule has 1 amide bonds. The second-order valence-corrected chi connectivity index (χ2v) is 10.3. The van der Waals surface area contributed by atoms with Gasteiger partial charge in [0, 0.05) is 12.1 Å². The molecule has 0 atom stereocenters. The van der Waals surface area contributed by atoms with E-state index < -0.39 is 17.5 Å². The Balaban J connectivity index is 1.15. The van der Waals surface area contributed by atoms with E-state index in [1.165, 1.54) is 0 Å². The van der Waals surface area contributed by atoms with Crippen molar-refractivity contribution in [2.75, 3.05) is 97.8 Å². The number of amides is 1. The number of carboxylic acids is 1. The van der Waals surface area contributed by atoms with Crippen LogP contribution >= 0.6 is 0 Å². The number of nitrogens with one attached hydrogen (secondary N) is 1. The van der Waals surface area contributed by atoms with Gasteiger partial charge in [0.25, 0.3) is 0 Å². The third kappa shape index (κ3) is 14.9. The molecule has 43 heavy (non-hydrogen) atoms. The van der Waals surface area contributed by atoms with Crippen LogP contribution in [-0.4, -0.2) is 121 Å². The van der Waals surface area contributed by atoms with Crippen molar-refractivity contribution in [1.82, 2.24) is 0 Å². The third-order valence-electron chi connectivity index (χ3n) is 6.76. The minimum absolute atomic E-state index is 0.0118. The molecule has 0 bridgehead atoms. The molecule has 2 aliphatic rings. The lowest BCUT2D eigenvalue weighted by atomic mass is 9.98. The van der Waals surface area contributed by atoms with Crippen molar-refractivity contribution in [2.24, 2.45) is 0 Å². The summed E-state index contributed by atoms with van der Waals surface area (Å²) in [6.07, 6.45) is 2.19. The molecule has 2 saturated heterocycles. The zero-order valence-electron chi connectivity index (χ0n) is 25.2. The number of aliphatic carboxylic acids is 1. The number of ether oxygens (including phenoxy) is 9. The van der Waals surface area contributed by atoms with E-state index in [0.29, 0.717) is 98.7 Å². The Bertz CT molecular complexity index is 916. The zero-order chi connectivity index (χ0) is 30.6. The first-order chi connectivity index (χ1) is 20.9. The normalized spacial score (nSPS) is 17.3. The van der Waals surface area contributed by atoms with E-state index in [1.807, 2.05) is 31.2 Å². The Kier molecular flexibility index (Phi) is 16.4. The van der Waals surface area contributed by atoms with Crippen LogP contribution < -0.4 is 5.32 Å². The smallest absolute Gasteiger partial charge is 0.305 e. The lowest BCUT2D eigenvalue weighted by Gasteiger charge is -2.34. The molecule has 13 heteroatoms. The maximum atomic E-state index is 12.3. The first kappa shape index (κ1) is 35.3. The van der Waals surface area contributed by atoms with Crippen molar-refractivity contribution in [3.63, 3.8) is 0 Å². The molecule has 244 valence electrons. The van der Waals surface area contributed by atoms with E-state index in [1.54, 1.807) is 0 Å². The standard InChI is InChI=1S/C30H47NO12/c1-29(40-20-21-41-29)24-30(42-22-23-43-30)9-6-25-2-4-26(5-3-25)31-27(32)7-10-35-12-14-37-16-18-39-19-17-38-15-13-36-11-8-28(33)34/h2-5H,6-24H2,1H3,(H,31,32)(H,33,34). The SMILES string of the molecule is CC1(CC2(CCc3ccc(NC(=O)CCOCCOCCOCCOCCOCCC(=O)O)cc3)OCCO2)OCCO1. The van der Waals surface area contributed by atoms with Crippen LogP contribution in [0.3, 0.4) is 0 Å². The fraction of sp³-hybridized carbons (Fsp3) is 0.733. The lowest BCUT2D eigenvalue weighted by Crippen LogP contribution is -2.41. The lowest BCUT2D eigenvalue weighted by molar-refractivity contribution is -0.244. The molecule has 0 spiro atoms. The Labute approximate surface area is 253 Å². The van der Waals surface area contributed by atoms with E-state index in [-0.39, 0.29) is 25.4 Å². The molecule has 0 aliphatic carbocycles. The van der Waals surface area contributed by atoms with Crippen molar-refractivity contribution in [3.05, 3.63) is 29.8 Å². The zero-order valence-corrected chi connectivity index (χ0v) is 25.2. The van der Waals surface area contributed by atoms with Gasteiger partial charge >= 0.3 is 5.97 Å². The average Bonchev–Trinajstić information content (AvgIpc) is 3.63. The van der Waals surface area contributed by atoms with Crippen LogP contribution in [0.1, 0.15) is 38.2 Å². The predicted octanol–water partition coefficient (Wildman–Crippen LogP) is 2.40. The summed E-state index contributed by atoms with van der Waals surface area (Å²) in [5, 5.41) is 11.4. The van der Waals surface area contributed by atoms with Crippen LogP contribution in [-0.2, 0) is 58.6 Å². The second kappa shape index (κ2) is 20.0. The molecule has 0 saturated carbocycles. The fourth-order valence-electron chi connectivity index (χ4n) is 4.60. The van der Waals surface area contributed by atoms with Gasteiger partial charge in [0.1, 0.15) is 0 Å². The molecule has 3 rings (SSSR count). The second-order valence-electron chi connectivity index (χ2n) is 10.3. The molecule has 13 nitrogen and oxygen atoms in total. The van der Waals surface area contributed by atoms with Crippen LogP contribution in [0.5, 0.6) is 0 Å². The number of carboxylic acid groups (broad SMARTS) is 1. The number of carbonyl (C=O) groups excluding carboxylic acids is 1. The first-order valence-corrected chi connectivity index (χ1v) is 14.9. The van der Waals surface area contributed by atoms with E-state index >= 15 is 0 Å². The van der Waals surface area contributed by atoms with Crippen molar-refractivity contribution >= 4 is 17.6 Å². The van der Waals surface area contributed by atoms with Gasteiger partial charge in [0.05, 0.1) is 112 Å². The largest absolute Gasteiger partial charge is 0.481 e. The topological polar surface area (TPSA) is 149 Å². The molecule has 0 unspecified atom stereocenters. The number of hydrogen-bond acceptors (Lipinski definition) is 11. The summed E-state index contributed by atoms with van der Waals surface area (Å²) < 4.78 is 50.3. The summed E-state index contributed by atoms with van der Waals surface area (Å²) in [5.41, 5.74) is 1.85. The Morgan fingerprint density at radius 3 is 1.70 bits per heavy atom. The highest BCUT2D eigenvalue weighted by molar-refractivity contribution is 5.90. The van der Waals surface area contributed by atoms with Gasteiger partial charge in [0.15, 0.2) is 11.6 Å². The Morgan fingerprint density at radius 2 is 1.19 bits per heavy atom. The average molecular weight is 614 g/mol. The first-order valence-electron chi connectivity index (χ1n) is 14.9. The molecule has 2 N–H and O–H groups in total. The van der Waals surface area contributed by atoms with E-state index in [9.17, 15) is 9.59 Å². The molecule has 1 aromatic rings. The minimum Gasteiger partial charge on any atom is -0.481 e. The highest BCUT2D eigenvalue weighted by atomic mass is 16.8. The summed E-state index contributed by atoms with van der Waals surface area (Å²) in [5.74, 6) is -2.41. The van der Waals surface area contributed by atoms with Gasteiger partial charge < -0.3 is 53.1 Å². The molecule has 0 radical (unpaired) electrons. The molecule has 2 heterocycles. The Hall–Kier alpha value is -2.20. The quantitative estimate of drug-likeness (QED) is 0.165. The number of aryl methyl sites for hydroxylation is 1. The molecule has 0 aromatic heterocycles. The van der Waals surface area contributed by atoms with Crippen molar-refractivity contribution < 1.29 is 57.3 Å². The number of hydrogen-bond donors (Lipinski definition) is 2.